The van der Waals surface area contributed by atoms with Gasteiger partial charge in [0.25, 0.3) is 0 Å². The van der Waals surface area contributed by atoms with Crippen LogP contribution in [0.5, 0.6) is 0 Å². The molecule has 1 aliphatic carbocycles. The van der Waals surface area contributed by atoms with Crippen LogP contribution in [0.25, 0.3) is 0 Å². The van der Waals surface area contributed by atoms with Gasteiger partial charge in [-0.05, 0) is 24.3 Å². The highest BCUT2D eigenvalue weighted by Crippen LogP contribution is 2.39. The molecule has 1 aliphatic rings. The third kappa shape index (κ3) is 3.07. The molecule has 2 rings (SSSR count). The minimum atomic E-state index is -0.750. The molecule has 2 nitrogen and oxygen atoms in total. The fraction of sp³-hybridized carbons (Fsp3) is 0.333. The van der Waals surface area contributed by atoms with Gasteiger partial charge in [0.2, 0.25) is 0 Å². The zero-order valence-electron chi connectivity index (χ0n) is 6.98. The van der Waals surface area contributed by atoms with Crippen molar-refractivity contribution < 1.29 is 10.0 Å². The van der Waals surface area contributed by atoms with Gasteiger partial charge in [-0.1, -0.05) is 30.3 Å². The van der Waals surface area contributed by atoms with Crippen LogP contribution in [-0.2, 0) is 0 Å². The van der Waals surface area contributed by atoms with Gasteiger partial charge >= 0.3 is 7.69 Å². The van der Waals surface area contributed by atoms with E-state index in [-0.39, 0.29) is 0 Å². The summed E-state index contributed by atoms with van der Waals surface area (Å²) in [5, 5.41) is 14.2. The Bertz CT molecular complexity index is 209. The maximum absolute atomic E-state index is 7.12. The molecule has 1 saturated carbocycles. The summed E-state index contributed by atoms with van der Waals surface area (Å²) in [6, 6.07) is 10.8. The van der Waals surface area contributed by atoms with Crippen molar-refractivity contribution in [2.75, 3.05) is 0 Å². The van der Waals surface area contributed by atoms with E-state index >= 15 is 0 Å². The van der Waals surface area contributed by atoms with E-state index in [0.717, 1.165) is 5.92 Å². The summed E-state index contributed by atoms with van der Waals surface area (Å²) in [4.78, 5) is 0. The van der Waals surface area contributed by atoms with E-state index in [9.17, 15) is 0 Å². The Hall–Kier alpha value is -0.795. The zero-order valence-corrected chi connectivity index (χ0v) is 6.98. The summed E-state index contributed by atoms with van der Waals surface area (Å²) >= 11 is 0. The first-order valence-corrected chi connectivity index (χ1v) is 4.15. The predicted molar refractivity (Wildman–Crippen MR) is 50.0 cm³/mol. The van der Waals surface area contributed by atoms with Crippen molar-refractivity contribution in [3.8, 4) is 0 Å². The highest BCUT2D eigenvalue weighted by molar-refractivity contribution is 6.13. The van der Waals surface area contributed by atoms with Gasteiger partial charge in [0.1, 0.15) is 0 Å². The fourth-order valence-electron chi connectivity index (χ4n) is 1.14. The van der Waals surface area contributed by atoms with Crippen LogP contribution in [0.3, 0.4) is 0 Å². The molecule has 0 amide bonds. The third-order valence-electron chi connectivity index (χ3n) is 1.85. The van der Waals surface area contributed by atoms with E-state index in [0.29, 0.717) is 0 Å². The molecule has 0 spiro atoms. The summed E-state index contributed by atoms with van der Waals surface area (Å²) in [5.41, 5.74) is 1.53. The molecule has 0 unspecified atom stereocenters. The molecular formula is C9H13BO2. The lowest BCUT2D eigenvalue weighted by Crippen LogP contribution is -1.75. The lowest BCUT2D eigenvalue weighted by Gasteiger charge is -1.92. The summed E-state index contributed by atoms with van der Waals surface area (Å²) in [7, 11) is -0.750. The Labute approximate surface area is 73.2 Å². The number of rotatable bonds is 1. The van der Waals surface area contributed by atoms with Gasteiger partial charge in [0, 0.05) is 0 Å². The summed E-state index contributed by atoms with van der Waals surface area (Å²) in [6.07, 6.45) is 2.81. The number of hydrogen-bond acceptors (Lipinski definition) is 2. The van der Waals surface area contributed by atoms with Crippen molar-refractivity contribution in [2.45, 2.75) is 18.8 Å². The van der Waals surface area contributed by atoms with Crippen molar-refractivity contribution in [1.29, 1.82) is 0 Å². The summed E-state index contributed by atoms with van der Waals surface area (Å²) < 4.78 is 0. The predicted octanol–water partition coefficient (Wildman–Crippen LogP) is 0.802. The lowest BCUT2D eigenvalue weighted by molar-refractivity contribution is 0.448. The third-order valence-corrected chi connectivity index (χ3v) is 1.85. The normalized spacial score (nSPS) is 14.5. The standard InChI is InChI=1S/C9H10.BH3O2/c1-2-4-8(5-3-1)9-6-7-9;2-1-3/h1-5,9H,6-7H2;1-3H. The molecule has 0 aliphatic heterocycles. The number of benzene rings is 1. The van der Waals surface area contributed by atoms with E-state index in [1.807, 2.05) is 0 Å². The van der Waals surface area contributed by atoms with Gasteiger partial charge in [-0.25, -0.2) is 0 Å². The second-order valence-corrected chi connectivity index (χ2v) is 2.83. The second kappa shape index (κ2) is 4.96. The molecule has 1 aromatic rings. The Balaban J connectivity index is 0.000000213. The molecule has 3 heteroatoms. The van der Waals surface area contributed by atoms with Crippen LogP contribution in [0.2, 0.25) is 0 Å². The molecule has 0 atom stereocenters. The molecule has 0 aromatic heterocycles. The largest absolute Gasteiger partial charge is 0.432 e. The molecule has 0 saturated heterocycles. The Morgan fingerprint density at radius 1 is 1.08 bits per heavy atom. The topological polar surface area (TPSA) is 40.5 Å². The van der Waals surface area contributed by atoms with Crippen molar-refractivity contribution in [3.63, 3.8) is 0 Å². The maximum atomic E-state index is 7.12. The average molecular weight is 164 g/mol. The van der Waals surface area contributed by atoms with Crippen molar-refractivity contribution in [3.05, 3.63) is 35.9 Å². The quantitative estimate of drug-likeness (QED) is 0.602. The first-order valence-electron chi connectivity index (χ1n) is 4.15. The van der Waals surface area contributed by atoms with Gasteiger partial charge < -0.3 is 10.0 Å². The molecule has 0 bridgehead atoms. The number of hydrogen-bond donors (Lipinski definition) is 2. The van der Waals surface area contributed by atoms with Crippen LogP contribution < -0.4 is 0 Å². The molecule has 0 radical (unpaired) electrons. The van der Waals surface area contributed by atoms with Crippen LogP contribution in [0.4, 0.5) is 0 Å². The minimum absolute atomic E-state index is 0.750. The molecule has 12 heavy (non-hydrogen) atoms. The Morgan fingerprint density at radius 2 is 1.58 bits per heavy atom. The van der Waals surface area contributed by atoms with Crippen LogP contribution in [0, 0.1) is 0 Å². The van der Waals surface area contributed by atoms with Gasteiger partial charge in [0.15, 0.2) is 0 Å². The fourth-order valence-corrected chi connectivity index (χ4v) is 1.14. The van der Waals surface area contributed by atoms with Gasteiger partial charge in [-0.15, -0.1) is 0 Å². The minimum Gasteiger partial charge on any atom is -0.430 e. The molecule has 0 heterocycles. The van der Waals surface area contributed by atoms with E-state index in [1.54, 1.807) is 0 Å². The van der Waals surface area contributed by atoms with Crippen molar-refractivity contribution in [2.24, 2.45) is 0 Å². The molecule has 64 valence electrons. The summed E-state index contributed by atoms with van der Waals surface area (Å²) in [6.45, 7) is 0. The van der Waals surface area contributed by atoms with Crippen LogP contribution in [0.15, 0.2) is 30.3 Å². The van der Waals surface area contributed by atoms with E-state index in [2.05, 4.69) is 30.3 Å². The smallest absolute Gasteiger partial charge is 0.430 e. The van der Waals surface area contributed by atoms with Crippen LogP contribution in [0.1, 0.15) is 24.3 Å². The molecule has 2 N–H and O–H groups in total. The van der Waals surface area contributed by atoms with Gasteiger partial charge in [-0.3, -0.25) is 0 Å². The highest BCUT2D eigenvalue weighted by atomic mass is 16.4. The lowest BCUT2D eigenvalue weighted by atomic mass is 10.1. The average Bonchev–Trinajstić information content (AvgIpc) is 2.90. The Morgan fingerprint density at radius 3 is 2.00 bits per heavy atom. The molecular weight excluding hydrogens is 151 g/mol. The van der Waals surface area contributed by atoms with Gasteiger partial charge in [0.05, 0.1) is 0 Å². The van der Waals surface area contributed by atoms with E-state index in [1.165, 1.54) is 18.4 Å². The van der Waals surface area contributed by atoms with Crippen molar-refractivity contribution in [1.82, 2.24) is 0 Å². The molecule has 1 fully saturated rings. The first-order chi connectivity index (χ1) is 5.88. The first kappa shape index (κ1) is 9.29. The molecule has 1 aromatic carbocycles. The van der Waals surface area contributed by atoms with Gasteiger partial charge in [-0.2, -0.15) is 0 Å². The maximum Gasteiger partial charge on any atom is 0.432 e. The van der Waals surface area contributed by atoms with Crippen LogP contribution in [-0.4, -0.2) is 17.7 Å². The highest BCUT2D eigenvalue weighted by Gasteiger charge is 2.22. The zero-order chi connectivity index (χ0) is 8.81. The van der Waals surface area contributed by atoms with Crippen LogP contribution >= 0.6 is 0 Å². The summed E-state index contributed by atoms with van der Waals surface area (Å²) in [5.74, 6) is 0.909. The van der Waals surface area contributed by atoms with E-state index in [4.69, 9.17) is 10.0 Å². The SMILES string of the molecule is OBO.c1ccc(C2CC2)cc1. The monoisotopic (exact) mass is 164 g/mol. The second-order valence-electron chi connectivity index (χ2n) is 2.83. The van der Waals surface area contributed by atoms with E-state index < -0.39 is 7.69 Å². The Kier molecular flexibility index (Phi) is 3.84. The van der Waals surface area contributed by atoms with Crippen molar-refractivity contribution >= 4 is 7.69 Å².